The van der Waals surface area contributed by atoms with Gasteiger partial charge in [-0.05, 0) is 59.3 Å². The third kappa shape index (κ3) is 3.62. The van der Waals surface area contributed by atoms with Crippen LogP contribution in [0.25, 0.3) is 0 Å². The van der Waals surface area contributed by atoms with Crippen molar-refractivity contribution >= 4 is 33.7 Å². The highest BCUT2D eigenvalue weighted by Crippen LogP contribution is 2.18. The zero-order valence-electron chi connectivity index (χ0n) is 9.14. The van der Waals surface area contributed by atoms with Gasteiger partial charge in [0, 0.05) is 12.8 Å². The third-order valence-electron chi connectivity index (χ3n) is 2.45. The van der Waals surface area contributed by atoms with Crippen LogP contribution >= 0.6 is 23.2 Å². The molecule has 0 N–H and O–H groups in total. The second-order valence-corrected chi connectivity index (χ2v) is 4.61. The first kappa shape index (κ1) is 13.2. The highest BCUT2D eigenvalue weighted by Gasteiger charge is 2.09. The summed E-state index contributed by atoms with van der Waals surface area (Å²) in [6.45, 7) is 3.77. The molecule has 0 aliphatic heterocycles. The molecule has 0 atom stereocenters. The summed E-state index contributed by atoms with van der Waals surface area (Å²) < 4.78 is 0. The summed E-state index contributed by atoms with van der Waals surface area (Å²) in [5, 5.41) is -0.771. The van der Waals surface area contributed by atoms with E-state index in [0.717, 1.165) is 22.3 Å². The summed E-state index contributed by atoms with van der Waals surface area (Å²) in [5.41, 5.74) is 3.69. The number of benzene rings is 1. The van der Waals surface area contributed by atoms with Gasteiger partial charge in [-0.3, -0.25) is 9.59 Å². The summed E-state index contributed by atoms with van der Waals surface area (Å²) in [7, 11) is 0. The first-order valence-electron chi connectivity index (χ1n) is 4.86. The van der Waals surface area contributed by atoms with Crippen molar-refractivity contribution < 1.29 is 9.59 Å². The summed E-state index contributed by atoms with van der Waals surface area (Å²) in [4.78, 5) is 21.7. The number of carbonyl (C=O) groups is 2. The van der Waals surface area contributed by atoms with E-state index < -0.39 is 0 Å². The molecule has 0 aromatic heterocycles. The van der Waals surface area contributed by atoms with Crippen molar-refractivity contribution in [2.45, 2.75) is 26.7 Å². The van der Waals surface area contributed by atoms with Gasteiger partial charge in [-0.15, -0.1) is 0 Å². The van der Waals surface area contributed by atoms with Gasteiger partial charge in [0.1, 0.15) is 0 Å². The number of halogens is 2. The first-order chi connectivity index (χ1) is 7.40. The van der Waals surface area contributed by atoms with Crippen LogP contribution in [0.5, 0.6) is 0 Å². The SMILES string of the molecule is Cc1cc(CC(=O)Cl)c(C)cc1CC(=O)Cl. The van der Waals surface area contributed by atoms with Crippen molar-refractivity contribution in [3.8, 4) is 0 Å². The van der Waals surface area contributed by atoms with Crippen molar-refractivity contribution in [3.05, 3.63) is 34.4 Å². The first-order valence-corrected chi connectivity index (χ1v) is 5.61. The lowest BCUT2D eigenvalue weighted by atomic mass is 9.97. The predicted molar refractivity (Wildman–Crippen MR) is 65.0 cm³/mol. The standard InChI is InChI=1S/C12H12Cl2O2/c1-7-3-10(6-12(14)16)8(2)4-9(7)5-11(13)15/h3-4H,5-6H2,1-2H3. The van der Waals surface area contributed by atoms with E-state index in [9.17, 15) is 9.59 Å². The Morgan fingerprint density at radius 3 is 1.50 bits per heavy atom. The lowest BCUT2D eigenvalue weighted by Crippen LogP contribution is -2.02. The maximum Gasteiger partial charge on any atom is 0.226 e. The molecule has 1 rings (SSSR count). The molecular weight excluding hydrogens is 247 g/mol. The summed E-state index contributed by atoms with van der Waals surface area (Å²) in [6, 6.07) is 3.76. The maximum absolute atomic E-state index is 10.8. The van der Waals surface area contributed by atoms with Crippen LogP contribution in [0.1, 0.15) is 22.3 Å². The minimum Gasteiger partial charge on any atom is -0.281 e. The fourth-order valence-electron chi connectivity index (χ4n) is 1.62. The lowest BCUT2D eigenvalue weighted by molar-refractivity contribution is -0.112. The Morgan fingerprint density at radius 1 is 0.938 bits per heavy atom. The molecule has 0 radical (unpaired) electrons. The zero-order valence-corrected chi connectivity index (χ0v) is 10.7. The van der Waals surface area contributed by atoms with Gasteiger partial charge in [-0.2, -0.15) is 0 Å². The van der Waals surface area contributed by atoms with E-state index in [0.29, 0.717) is 0 Å². The lowest BCUT2D eigenvalue weighted by Gasteiger charge is -2.09. The summed E-state index contributed by atoms with van der Waals surface area (Å²) in [5.74, 6) is 0. The van der Waals surface area contributed by atoms with E-state index in [1.165, 1.54) is 0 Å². The molecule has 0 heterocycles. The van der Waals surface area contributed by atoms with Crippen LogP contribution in [0.2, 0.25) is 0 Å². The Labute approximate surface area is 105 Å². The molecule has 86 valence electrons. The third-order valence-corrected chi connectivity index (χ3v) is 2.72. The monoisotopic (exact) mass is 258 g/mol. The smallest absolute Gasteiger partial charge is 0.226 e. The van der Waals surface area contributed by atoms with Crippen LogP contribution in [-0.4, -0.2) is 10.5 Å². The van der Waals surface area contributed by atoms with Crippen LogP contribution in [-0.2, 0) is 22.4 Å². The van der Waals surface area contributed by atoms with Gasteiger partial charge in [-0.25, -0.2) is 0 Å². The number of hydrogen-bond acceptors (Lipinski definition) is 2. The van der Waals surface area contributed by atoms with E-state index in [4.69, 9.17) is 23.2 Å². The second kappa shape index (κ2) is 5.46. The highest BCUT2D eigenvalue weighted by atomic mass is 35.5. The Morgan fingerprint density at radius 2 is 1.25 bits per heavy atom. The molecule has 16 heavy (non-hydrogen) atoms. The van der Waals surface area contributed by atoms with Crippen LogP contribution < -0.4 is 0 Å². The number of hydrogen-bond donors (Lipinski definition) is 0. The Bertz CT molecular complexity index is 397. The maximum atomic E-state index is 10.8. The summed E-state index contributed by atoms with van der Waals surface area (Å²) >= 11 is 10.7. The largest absolute Gasteiger partial charge is 0.281 e. The fraction of sp³-hybridized carbons (Fsp3) is 0.333. The molecule has 1 aromatic carbocycles. The van der Waals surface area contributed by atoms with Crippen molar-refractivity contribution in [2.75, 3.05) is 0 Å². The van der Waals surface area contributed by atoms with Crippen LogP contribution in [0.15, 0.2) is 12.1 Å². The molecule has 0 fully saturated rings. The summed E-state index contributed by atoms with van der Waals surface area (Å²) in [6.07, 6.45) is 0.423. The van der Waals surface area contributed by atoms with Gasteiger partial charge in [0.05, 0.1) is 0 Å². The van der Waals surface area contributed by atoms with Crippen molar-refractivity contribution in [1.29, 1.82) is 0 Å². The number of rotatable bonds is 4. The normalized spacial score (nSPS) is 10.2. The Kier molecular flexibility index (Phi) is 4.51. The van der Waals surface area contributed by atoms with E-state index in [-0.39, 0.29) is 23.3 Å². The quantitative estimate of drug-likeness (QED) is 0.779. The highest BCUT2D eigenvalue weighted by molar-refractivity contribution is 6.64. The molecule has 2 nitrogen and oxygen atoms in total. The van der Waals surface area contributed by atoms with Crippen LogP contribution in [0.3, 0.4) is 0 Å². The molecule has 0 saturated carbocycles. The zero-order chi connectivity index (χ0) is 12.3. The van der Waals surface area contributed by atoms with E-state index in [2.05, 4.69) is 0 Å². The van der Waals surface area contributed by atoms with Crippen LogP contribution in [0.4, 0.5) is 0 Å². The topological polar surface area (TPSA) is 34.1 Å². The molecule has 4 heteroatoms. The van der Waals surface area contributed by atoms with Gasteiger partial charge < -0.3 is 0 Å². The minimum absolute atomic E-state index is 0.212. The Balaban J connectivity index is 3.06. The average Bonchev–Trinajstić information content (AvgIpc) is 2.11. The van der Waals surface area contributed by atoms with Crippen molar-refractivity contribution in [1.82, 2.24) is 0 Å². The van der Waals surface area contributed by atoms with Gasteiger partial charge in [-0.1, -0.05) is 12.1 Å². The Hall–Kier alpha value is -0.860. The van der Waals surface area contributed by atoms with E-state index >= 15 is 0 Å². The second-order valence-electron chi connectivity index (χ2n) is 3.77. The van der Waals surface area contributed by atoms with Crippen LogP contribution in [0, 0.1) is 13.8 Å². The molecule has 1 aromatic rings. The minimum atomic E-state index is -0.385. The van der Waals surface area contributed by atoms with Gasteiger partial charge in [0.25, 0.3) is 0 Å². The van der Waals surface area contributed by atoms with Crippen molar-refractivity contribution in [3.63, 3.8) is 0 Å². The number of aryl methyl sites for hydroxylation is 2. The molecular formula is C12H12Cl2O2. The van der Waals surface area contributed by atoms with Gasteiger partial charge >= 0.3 is 0 Å². The van der Waals surface area contributed by atoms with E-state index in [1.807, 2.05) is 26.0 Å². The van der Waals surface area contributed by atoms with E-state index in [1.54, 1.807) is 0 Å². The van der Waals surface area contributed by atoms with Gasteiger partial charge in [0.15, 0.2) is 0 Å². The number of carbonyl (C=O) groups excluding carboxylic acids is 2. The van der Waals surface area contributed by atoms with Crippen molar-refractivity contribution in [2.24, 2.45) is 0 Å². The molecule has 0 saturated heterocycles. The van der Waals surface area contributed by atoms with Gasteiger partial charge in [0.2, 0.25) is 10.5 Å². The predicted octanol–water partition coefficient (Wildman–Crippen LogP) is 2.92. The molecule has 0 spiro atoms. The average molecular weight is 259 g/mol. The molecule has 0 aliphatic rings. The molecule has 0 amide bonds. The fourth-order valence-corrected chi connectivity index (χ4v) is 1.90. The molecule has 0 bridgehead atoms. The molecule has 0 unspecified atom stereocenters. The molecule has 0 aliphatic carbocycles.